The van der Waals surface area contributed by atoms with E-state index in [0.29, 0.717) is 12.8 Å². The van der Waals surface area contributed by atoms with Crippen molar-refractivity contribution in [2.24, 2.45) is 29.6 Å². The average Bonchev–Trinajstić information content (AvgIpc) is 3.46. The van der Waals surface area contributed by atoms with Gasteiger partial charge in [0.15, 0.2) is 30.4 Å². The van der Waals surface area contributed by atoms with Crippen molar-refractivity contribution in [3.05, 3.63) is 0 Å². The van der Waals surface area contributed by atoms with Crippen molar-refractivity contribution in [1.82, 2.24) is 10.2 Å². The Balaban J connectivity index is 1.83. The Morgan fingerprint density at radius 1 is 0.930 bits per heavy atom. The van der Waals surface area contributed by atoms with Gasteiger partial charge in [-0.05, 0) is 86.7 Å². The lowest BCUT2D eigenvalue weighted by Gasteiger charge is -2.49. The molecule has 4 heterocycles. The van der Waals surface area contributed by atoms with Crippen molar-refractivity contribution in [2.45, 2.75) is 186 Å². The molecular formula is C41H72N2O14. The van der Waals surface area contributed by atoms with Crippen molar-refractivity contribution in [3.63, 3.8) is 0 Å². The lowest BCUT2D eigenvalue weighted by molar-refractivity contribution is -0.318. The van der Waals surface area contributed by atoms with Crippen LogP contribution in [0.2, 0.25) is 0 Å². The molecule has 4 rings (SSSR count). The number of ether oxygens (including phenoxy) is 9. The van der Waals surface area contributed by atoms with Crippen LogP contribution in [0.25, 0.3) is 0 Å². The van der Waals surface area contributed by atoms with E-state index in [2.05, 4.69) is 5.32 Å². The molecule has 19 atom stereocenters. The van der Waals surface area contributed by atoms with Crippen LogP contribution in [-0.4, -0.2) is 146 Å². The molecule has 330 valence electrons. The third-order valence-electron chi connectivity index (χ3n) is 13.5. The van der Waals surface area contributed by atoms with Crippen LogP contribution in [0, 0.1) is 29.6 Å². The molecule has 0 aliphatic carbocycles. The minimum Gasteiger partial charge on any atom is -0.458 e. The lowest BCUT2D eigenvalue weighted by atomic mass is 9.70. The van der Waals surface area contributed by atoms with Crippen LogP contribution >= 0.6 is 0 Å². The maximum absolute atomic E-state index is 14.5. The van der Waals surface area contributed by atoms with E-state index in [1.807, 2.05) is 60.5 Å². The van der Waals surface area contributed by atoms with E-state index in [0.717, 1.165) is 0 Å². The van der Waals surface area contributed by atoms with Crippen LogP contribution in [0.15, 0.2) is 0 Å². The van der Waals surface area contributed by atoms with Gasteiger partial charge in [-0.25, -0.2) is 9.59 Å². The normalized spacial score (nSPS) is 47.5. The van der Waals surface area contributed by atoms with E-state index < -0.39 is 102 Å². The standard InChI is InChI=1S/C41H72N2O14/c1-16-28-41(11)33(56-38(47)57-41)23(5)22(4)20(2)18-39(9,48)32(54-36-30(44)27(43(13)14)17-21(3)50-36)24(6)31(25(7)35(45)52-28)53-29-19-40(10,49-15)34(26(8)51-29)55-37(46)42-12/h20-34,36,44,48H,16-19H2,1-15H3,(H,42,46)/t20?,21?,22?,23?,24?,25?,26?,27?,28-,29?,30?,31?,32?,33?,34?,36?,39?,40?,41?/m1/s1. The number of hydrogen-bond donors (Lipinski definition) is 3. The number of hydrogen-bond acceptors (Lipinski definition) is 15. The van der Waals surface area contributed by atoms with Crippen LogP contribution in [0.1, 0.15) is 102 Å². The second kappa shape index (κ2) is 18.5. The van der Waals surface area contributed by atoms with Crippen molar-refractivity contribution in [2.75, 3.05) is 28.3 Å². The SMILES string of the molecule is CC[C@H]1OC(=O)C(C)C(OC2CC(C)(OC)C(OC(=O)NC)C(C)O2)C(C)C(OC2OC(C)CC(N(C)C)C2O)C(C)(O)CC(C)C(C)C(C)C2OC(=O)OC21C. The molecular weight excluding hydrogens is 744 g/mol. The minimum atomic E-state index is -1.59. The molecule has 0 aromatic carbocycles. The van der Waals surface area contributed by atoms with Crippen molar-refractivity contribution < 1.29 is 67.2 Å². The molecule has 4 aliphatic rings. The second-order valence-corrected chi connectivity index (χ2v) is 18.1. The molecule has 4 fully saturated rings. The van der Waals surface area contributed by atoms with Gasteiger partial charge in [-0.15, -0.1) is 0 Å². The highest BCUT2D eigenvalue weighted by atomic mass is 16.8. The van der Waals surface area contributed by atoms with Gasteiger partial charge in [0, 0.05) is 38.5 Å². The predicted molar refractivity (Wildman–Crippen MR) is 207 cm³/mol. The first-order valence-corrected chi connectivity index (χ1v) is 20.7. The minimum absolute atomic E-state index is 0.103. The van der Waals surface area contributed by atoms with Gasteiger partial charge >= 0.3 is 18.2 Å². The number of cyclic esters (lactones) is 1. The molecule has 0 saturated carbocycles. The summed E-state index contributed by atoms with van der Waals surface area (Å²) in [5, 5.41) is 26.8. The summed E-state index contributed by atoms with van der Waals surface area (Å²) in [6, 6.07) is -0.288. The zero-order chi connectivity index (χ0) is 42.9. The van der Waals surface area contributed by atoms with Crippen LogP contribution in [-0.2, 0) is 47.4 Å². The first kappa shape index (κ1) is 47.4. The Bertz CT molecular complexity index is 1380. The highest BCUT2D eigenvalue weighted by Gasteiger charge is 2.59. The number of esters is 1. The van der Waals surface area contributed by atoms with Crippen molar-refractivity contribution in [1.29, 1.82) is 0 Å². The molecule has 4 aliphatic heterocycles. The summed E-state index contributed by atoms with van der Waals surface area (Å²) in [6.45, 7) is 20.3. The van der Waals surface area contributed by atoms with Gasteiger partial charge < -0.3 is 63.1 Å². The lowest BCUT2D eigenvalue weighted by Crippen LogP contribution is -2.61. The van der Waals surface area contributed by atoms with Crippen LogP contribution in [0.4, 0.5) is 9.59 Å². The molecule has 57 heavy (non-hydrogen) atoms. The largest absolute Gasteiger partial charge is 0.509 e. The van der Waals surface area contributed by atoms with E-state index in [1.54, 1.807) is 34.6 Å². The van der Waals surface area contributed by atoms with Gasteiger partial charge in [-0.2, -0.15) is 0 Å². The molecule has 16 nitrogen and oxygen atoms in total. The third-order valence-corrected chi connectivity index (χ3v) is 13.5. The molecule has 4 saturated heterocycles. The molecule has 0 aromatic heterocycles. The van der Waals surface area contributed by atoms with Gasteiger partial charge in [0.05, 0.1) is 35.9 Å². The summed E-state index contributed by atoms with van der Waals surface area (Å²) in [5.74, 6) is -2.97. The maximum atomic E-state index is 14.5. The van der Waals surface area contributed by atoms with Crippen molar-refractivity contribution in [3.8, 4) is 0 Å². The number of nitrogens with zero attached hydrogens (tertiary/aromatic N) is 1. The number of likely N-dealkylation sites (N-methyl/N-ethyl adjacent to an activating group) is 1. The van der Waals surface area contributed by atoms with Gasteiger partial charge in [-0.3, -0.25) is 4.79 Å². The number of aliphatic hydroxyl groups excluding tert-OH is 1. The van der Waals surface area contributed by atoms with Crippen LogP contribution in [0.3, 0.4) is 0 Å². The third kappa shape index (κ3) is 10.0. The Kier molecular flexibility index (Phi) is 15.4. The molecule has 0 aromatic rings. The highest BCUT2D eigenvalue weighted by Crippen LogP contribution is 2.45. The summed E-state index contributed by atoms with van der Waals surface area (Å²) in [5.41, 5.74) is -3.95. The highest BCUT2D eigenvalue weighted by molar-refractivity contribution is 5.73. The molecule has 1 amide bonds. The number of methoxy groups -OCH3 is 1. The maximum Gasteiger partial charge on any atom is 0.509 e. The molecule has 3 N–H and O–H groups in total. The Labute approximate surface area is 339 Å². The number of rotatable bonds is 8. The Morgan fingerprint density at radius 3 is 2.16 bits per heavy atom. The summed E-state index contributed by atoms with van der Waals surface area (Å²) in [4.78, 5) is 41.6. The Morgan fingerprint density at radius 2 is 1.58 bits per heavy atom. The van der Waals surface area contributed by atoms with Gasteiger partial charge in [-0.1, -0.05) is 34.6 Å². The molecule has 16 heteroatoms. The van der Waals surface area contributed by atoms with Crippen LogP contribution < -0.4 is 5.32 Å². The number of carbonyl (C=O) groups is 3. The fourth-order valence-electron chi connectivity index (χ4n) is 9.75. The van der Waals surface area contributed by atoms with E-state index in [1.165, 1.54) is 14.2 Å². The first-order chi connectivity index (χ1) is 26.4. The zero-order valence-electron chi connectivity index (χ0n) is 36.8. The van der Waals surface area contributed by atoms with Gasteiger partial charge in [0.2, 0.25) is 0 Å². The quantitative estimate of drug-likeness (QED) is 0.231. The zero-order valence-corrected chi connectivity index (χ0v) is 36.8. The number of nitrogens with one attached hydrogen (secondary N) is 1. The van der Waals surface area contributed by atoms with Crippen LogP contribution in [0.5, 0.6) is 0 Å². The smallest absolute Gasteiger partial charge is 0.458 e. The summed E-state index contributed by atoms with van der Waals surface area (Å²) in [6.07, 6.45) is -8.95. The van der Waals surface area contributed by atoms with Gasteiger partial charge in [0.1, 0.15) is 17.8 Å². The summed E-state index contributed by atoms with van der Waals surface area (Å²) >= 11 is 0. The van der Waals surface area contributed by atoms with Gasteiger partial charge in [0.25, 0.3) is 0 Å². The number of amides is 1. The molecule has 0 bridgehead atoms. The Hall–Kier alpha value is -2.31. The molecule has 0 spiro atoms. The topological polar surface area (TPSA) is 190 Å². The number of fused-ring (bicyclic) bond motifs is 1. The fraction of sp³-hybridized carbons (Fsp3) is 0.927. The van der Waals surface area contributed by atoms with E-state index >= 15 is 0 Å². The number of carbonyl (C=O) groups excluding carboxylic acids is 3. The predicted octanol–water partition coefficient (Wildman–Crippen LogP) is 4.40. The van der Waals surface area contributed by atoms with E-state index in [-0.39, 0.29) is 42.7 Å². The van der Waals surface area contributed by atoms with E-state index in [9.17, 15) is 24.6 Å². The monoisotopic (exact) mass is 816 g/mol. The second-order valence-electron chi connectivity index (χ2n) is 18.1. The van der Waals surface area contributed by atoms with Crippen molar-refractivity contribution >= 4 is 18.2 Å². The average molecular weight is 817 g/mol. The number of alkyl carbamates (subject to hydrolysis) is 1. The molecule has 0 radical (unpaired) electrons. The summed E-state index contributed by atoms with van der Waals surface area (Å²) in [7, 11) is 6.74. The molecule has 18 unspecified atom stereocenters. The fourth-order valence-corrected chi connectivity index (χ4v) is 9.75. The summed E-state index contributed by atoms with van der Waals surface area (Å²) < 4.78 is 55.8. The number of aliphatic hydroxyl groups is 2. The first-order valence-electron chi connectivity index (χ1n) is 20.7. The van der Waals surface area contributed by atoms with E-state index in [4.69, 9.17) is 42.6 Å².